The number of alkyl halides is 3. The Kier molecular flexibility index (Phi) is 2.99. The van der Waals surface area contributed by atoms with Crippen molar-refractivity contribution in [2.75, 3.05) is 7.11 Å². The summed E-state index contributed by atoms with van der Waals surface area (Å²) in [5.74, 6) is 0.156. The van der Waals surface area contributed by atoms with E-state index in [1.807, 2.05) is 0 Å². The summed E-state index contributed by atoms with van der Waals surface area (Å²) >= 11 is 3.25. The predicted molar refractivity (Wildman–Crippen MR) is 61.0 cm³/mol. The first-order chi connectivity index (χ1) is 7.91. The van der Waals surface area contributed by atoms with E-state index in [9.17, 15) is 13.2 Å². The van der Waals surface area contributed by atoms with Crippen molar-refractivity contribution < 1.29 is 17.9 Å². The molecule has 2 aromatic rings. The summed E-state index contributed by atoms with van der Waals surface area (Å²) in [7, 11) is 1.33. The zero-order chi connectivity index (χ0) is 12.6. The molecule has 0 saturated heterocycles. The maximum absolute atomic E-state index is 12.6. The molecule has 2 nitrogen and oxygen atoms in total. The minimum Gasteiger partial charge on any atom is -0.496 e. The van der Waals surface area contributed by atoms with Crippen LogP contribution in [0.25, 0.3) is 10.9 Å². The smallest absolute Gasteiger partial charge is 0.433 e. The van der Waals surface area contributed by atoms with Gasteiger partial charge in [0.05, 0.1) is 12.6 Å². The van der Waals surface area contributed by atoms with Crippen LogP contribution in [0.1, 0.15) is 5.69 Å². The molecular formula is C11H7BrF3NO. The number of ether oxygens (including phenoxy) is 1. The molecule has 0 bridgehead atoms. The van der Waals surface area contributed by atoms with E-state index in [1.54, 1.807) is 12.1 Å². The second-order valence-corrected chi connectivity index (χ2v) is 4.28. The zero-order valence-electron chi connectivity index (χ0n) is 8.68. The van der Waals surface area contributed by atoms with Crippen molar-refractivity contribution in [3.8, 4) is 5.75 Å². The fraction of sp³-hybridized carbons (Fsp3) is 0.182. The Morgan fingerprint density at radius 2 is 1.94 bits per heavy atom. The van der Waals surface area contributed by atoms with Gasteiger partial charge in [0, 0.05) is 15.9 Å². The number of nitrogens with zero attached hydrogens (tertiary/aromatic N) is 1. The van der Waals surface area contributed by atoms with Crippen molar-refractivity contribution >= 4 is 26.8 Å². The van der Waals surface area contributed by atoms with Gasteiger partial charge < -0.3 is 4.74 Å². The SMILES string of the molecule is COc1cc(C(F)(F)F)nc2ccc(Br)cc12. The molecule has 0 atom stereocenters. The van der Waals surface area contributed by atoms with Crippen molar-refractivity contribution in [2.24, 2.45) is 0 Å². The third-order valence-electron chi connectivity index (χ3n) is 2.24. The van der Waals surface area contributed by atoms with Crippen molar-refractivity contribution in [3.05, 3.63) is 34.4 Å². The van der Waals surface area contributed by atoms with E-state index in [0.29, 0.717) is 5.39 Å². The van der Waals surface area contributed by atoms with Crippen LogP contribution in [-0.4, -0.2) is 12.1 Å². The van der Waals surface area contributed by atoms with Crippen LogP contribution in [0.5, 0.6) is 5.75 Å². The van der Waals surface area contributed by atoms with Crippen LogP contribution in [0, 0.1) is 0 Å². The molecule has 90 valence electrons. The van der Waals surface area contributed by atoms with Crippen molar-refractivity contribution in [2.45, 2.75) is 6.18 Å². The van der Waals surface area contributed by atoms with Crippen LogP contribution in [0.4, 0.5) is 13.2 Å². The molecule has 6 heteroatoms. The highest BCUT2D eigenvalue weighted by Gasteiger charge is 2.33. The Morgan fingerprint density at radius 3 is 2.53 bits per heavy atom. The molecule has 0 amide bonds. The monoisotopic (exact) mass is 305 g/mol. The summed E-state index contributed by atoms with van der Waals surface area (Å²) in [5, 5.41) is 0.537. The fourth-order valence-corrected chi connectivity index (χ4v) is 1.84. The van der Waals surface area contributed by atoms with Gasteiger partial charge in [0.15, 0.2) is 0 Å². The number of hydrogen-bond donors (Lipinski definition) is 0. The average Bonchev–Trinajstić information content (AvgIpc) is 2.26. The highest BCUT2D eigenvalue weighted by Crippen LogP contribution is 2.34. The fourth-order valence-electron chi connectivity index (χ4n) is 1.48. The number of benzene rings is 1. The van der Waals surface area contributed by atoms with Crippen LogP contribution >= 0.6 is 15.9 Å². The van der Waals surface area contributed by atoms with Crippen LogP contribution in [0.15, 0.2) is 28.7 Å². The highest BCUT2D eigenvalue weighted by molar-refractivity contribution is 9.10. The van der Waals surface area contributed by atoms with Crippen LogP contribution in [0.3, 0.4) is 0 Å². The second-order valence-electron chi connectivity index (χ2n) is 3.37. The molecular weight excluding hydrogens is 299 g/mol. The summed E-state index contributed by atoms with van der Waals surface area (Å²) in [6.07, 6.45) is -4.48. The predicted octanol–water partition coefficient (Wildman–Crippen LogP) is 4.02. The lowest BCUT2D eigenvalue weighted by Gasteiger charge is -2.10. The summed E-state index contributed by atoms with van der Waals surface area (Å²) in [4.78, 5) is 3.57. The van der Waals surface area contributed by atoms with Gasteiger partial charge in [-0.1, -0.05) is 15.9 Å². The first kappa shape index (κ1) is 12.2. The van der Waals surface area contributed by atoms with E-state index in [0.717, 1.165) is 10.5 Å². The van der Waals surface area contributed by atoms with Crippen LogP contribution in [0.2, 0.25) is 0 Å². The van der Waals surface area contributed by atoms with Gasteiger partial charge in [0.25, 0.3) is 0 Å². The van der Waals surface area contributed by atoms with Gasteiger partial charge in [-0.15, -0.1) is 0 Å². The van der Waals surface area contributed by atoms with Gasteiger partial charge in [-0.25, -0.2) is 4.98 Å². The molecule has 1 aromatic carbocycles. The highest BCUT2D eigenvalue weighted by atomic mass is 79.9. The standard InChI is InChI=1S/C11H7BrF3NO/c1-17-9-5-10(11(13,14)15)16-8-3-2-6(12)4-7(8)9/h2-5H,1H3. The van der Waals surface area contributed by atoms with E-state index in [2.05, 4.69) is 20.9 Å². The molecule has 0 aliphatic heterocycles. The largest absolute Gasteiger partial charge is 0.496 e. The van der Waals surface area contributed by atoms with E-state index in [4.69, 9.17) is 4.74 Å². The lowest BCUT2D eigenvalue weighted by Crippen LogP contribution is -2.08. The number of methoxy groups -OCH3 is 1. The molecule has 17 heavy (non-hydrogen) atoms. The number of pyridine rings is 1. The third kappa shape index (κ3) is 2.36. The second kappa shape index (κ2) is 4.18. The van der Waals surface area contributed by atoms with Crippen molar-refractivity contribution in [1.82, 2.24) is 4.98 Å². The topological polar surface area (TPSA) is 22.1 Å². The molecule has 0 unspecified atom stereocenters. The molecule has 0 fully saturated rings. The van der Waals surface area contributed by atoms with Crippen molar-refractivity contribution in [1.29, 1.82) is 0 Å². The Labute approximate surface area is 104 Å². The maximum atomic E-state index is 12.6. The molecule has 1 heterocycles. The number of aromatic nitrogens is 1. The summed E-state index contributed by atoms with van der Waals surface area (Å²) in [6, 6.07) is 5.71. The van der Waals surface area contributed by atoms with Gasteiger partial charge >= 0.3 is 6.18 Å². The first-order valence-electron chi connectivity index (χ1n) is 4.63. The van der Waals surface area contributed by atoms with Gasteiger partial charge in [0.2, 0.25) is 0 Å². The minimum atomic E-state index is -4.48. The quantitative estimate of drug-likeness (QED) is 0.794. The maximum Gasteiger partial charge on any atom is 0.433 e. The molecule has 0 spiro atoms. The summed E-state index contributed by atoms with van der Waals surface area (Å²) in [5.41, 5.74) is -0.705. The summed E-state index contributed by atoms with van der Waals surface area (Å²) < 4.78 is 43.5. The van der Waals surface area contributed by atoms with E-state index >= 15 is 0 Å². The summed E-state index contributed by atoms with van der Waals surface area (Å²) in [6.45, 7) is 0. The molecule has 2 rings (SSSR count). The third-order valence-corrected chi connectivity index (χ3v) is 2.74. The molecule has 0 aliphatic carbocycles. The number of halogens is 4. The Morgan fingerprint density at radius 1 is 1.24 bits per heavy atom. The van der Waals surface area contributed by atoms with Gasteiger partial charge in [-0.2, -0.15) is 13.2 Å². The lowest BCUT2D eigenvalue weighted by molar-refractivity contribution is -0.141. The number of fused-ring (bicyclic) bond motifs is 1. The van der Waals surface area contributed by atoms with Crippen LogP contribution < -0.4 is 4.74 Å². The van der Waals surface area contributed by atoms with E-state index in [-0.39, 0.29) is 11.3 Å². The zero-order valence-corrected chi connectivity index (χ0v) is 10.3. The molecule has 0 aliphatic rings. The molecule has 0 N–H and O–H groups in total. The van der Waals surface area contributed by atoms with Gasteiger partial charge in [0.1, 0.15) is 11.4 Å². The first-order valence-corrected chi connectivity index (χ1v) is 5.42. The molecule has 0 radical (unpaired) electrons. The van der Waals surface area contributed by atoms with E-state index in [1.165, 1.54) is 13.2 Å². The lowest BCUT2D eigenvalue weighted by atomic mass is 10.2. The van der Waals surface area contributed by atoms with Gasteiger partial charge in [-0.3, -0.25) is 0 Å². The Bertz CT molecular complexity index is 568. The number of hydrogen-bond acceptors (Lipinski definition) is 2. The Hall–Kier alpha value is -1.30. The van der Waals surface area contributed by atoms with Crippen LogP contribution in [-0.2, 0) is 6.18 Å². The van der Waals surface area contributed by atoms with Gasteiger partial charge in [-0.05, 0) is 18.2 Å². The molecule has 1 aromatic heterocycles. The molecule has 0 saturated carbocycles. The van der Waals surface area contributed by atoms with E-state index < -0.39 is 11.9 Å². The Balaban J connectivity index is 2.75. The normalized spacial score (nSPS) is 11.8. The van der Waals surface area contributed by atoms with Crippen molar-refractivity contribution in [3.63, 3.8) is 0 Å². The minimum absolute atomic E-state index is 0.156. The average molecular weight is 306 g/mol. The number of rotatable bonds is 1.